The highest BCUT2D eigenvalue weighted by molar-refractivity contribution is 9.10. The van der Waals surface area contributed by atoms with Crippen molar-refractivity contribution in [3.05, 3.63) is 33.3 Å². The molecule has 0 aliphatic heterocycles. The van der Waals surface area contributed by atoms with E-state index < -0.39 is 0 Å². The molecule has 0 heterocycles. The maximum absolute atomic E-state index is 11.8. The SMILES string of the molecule is O=C(NCCCOCCO)c1cc(Br)ccc1Cl. The lowest BCUT2D eigenvalue weighted by Crippen LogP contribution is -2.25. The Kier molecular flexibility index (Phi) is 7.27. The van der Waals surface area contributed by atoms with Crippen molar-refractivity contribution in [1.29, 1.82) is 0 Å². The lowest BCUT2D eigenvalue weighted by atomic mass is 10.2. The van der Waals surface area contributed by atoms with Crippen LogP contribution in [0.25, 0.3) is 0 Å². The Labute approximate surface area is 119 Å². The van der Waals surface area contributed by atoms with E-state index in [9.17, 15) is 4.79 Å². The summed E-state index contributed by atoms with van der Waals surface area (Å²) in [7, 11) is 0. The van der Waals surface area contributed by atoms with Gasteiger partial charge in [0.25, 0.3) is 5.91 Å². The molecular formula is C12H15BrClNO3. The van der Waals surface area contributed by atoms with Crippen LogP contribution in [0.1, 0.15) is 16.8 Å². The Morgan fingerprint density at radius 1 is 1.44 bits per heavy atom. The minimum atomic E-state index is -0.205. The molecule has 6 heteroatoms. The van der Waals surface area contributed by atoms with Crippen molar-refractivity contribution < 1.29 is 14.6 Å². The summed E-state index contributed by atoms with van der Waals surface area (Å²) < 4.78 is 5.89. The van der Waals surface area contributed by atoms with Gasteiger partial charge in [-0.3, -0.25) is 4.79 Å². The number of halogens is 2. The van der Waals surface area contributed by atoms with Gasteiger partial charge < -0.3 is 15.2 Å². The van der Waals surface area contributed by atoms with E-state index in [1.807, 2.05) is 0 Å². The third-order valence-electron chi connectivity index (χ3n) is 2.16. The summed E-state index contributed by atoms with van der Waals surface area (Å²) in [6.07, 6.45) is 0.692. The van der Waals surface area contributed by atoms with E-state index in [1.165, 1.54) is 0 Å². The van der Waals surface area contributed by atoms with Crippen LogP contribution < -0.4 is 5.32 Å². The number of hydrogen-bond donors (Lipinski definition) is 2. The average Bonchev–Trinajstić information content (AvgIpc) is 2.36. The fraction of sp³-hybridized carbons (Fsp3) is 0.417. The van der Waals surface area contributed by atoms with Crippen LogP contribution in [0, 0.1) is 0 Å². The van der Waals surface area contributed by atoms with Gasteiger partial charge in [0, 0.05) is 17.6 Å². The van der Waals surface area contributed by atoms with Crippen LogP contribution in [-0.4, -0.2) is 37.4 Å². The quantitative estimate of drug-likeness (QED) is 0.751. The molecule has 0 bridgehead atoms. The zero-order valence-electron chi connectivity index (χ0n) is 9.79. The van der Waals surface area contributed by atoms with Gasteiger partial charge in [-0.1, -0.05) is 27.5 Å². The van der Waals surface area contributed by atoms with Gasteiger partial charge in [0.2, 0.25) is 0 Å². The van der Waals surface area contributed by atoms with Crippen LogP contribution >= 0.6 is 27.5 Å². The number of aliphatic hydroxyl groups is 1. The number of hydrogen-bond acceptors (Lipinski definition) is 3. The molecule has 4 nitrogen and oxygen atoms in total. The predicted octanol–water partition coefficient (Wildman–Crippen LogP) is 2.23. The molecule has 0 radical (unpaired) electrons. The average molecular weight is 337 g/mol. The molecule has 1 aromatic rings. The molecule has 0 atom stereocenters. The van der Waals surface area contributed by atoms with Crippen molar-refractivity contribution in [2.45, 2.75) is 6.42 Å². The third-order valence-corrected chi connectivity index (χ3v) is 2.98. The van der Waals surface area contributed by atoms with Gasteiger partial charge in [-0.05, 0) is 24.6 Å². The maximum Gasteiger partial charge on any atom is 0.252 e. The minimum absolute atomic E-state index is 0.0139. The van der Waals surface area contributed by atoms with Crippen LogP contribution in [0.5, 0.6) is 0 Å². The Morgan fingerprint density at radius 3 is 2.94 bits per heavy atom. The molecule has 1 rings (SSSR count). The normalized spacial score (nSPS) is 10.4. The Hall–Kier alpha value is -0.620. The molecule has 0 unspecified atom stereocenters. The molecule has 0 aliphatic rings. The number of rotatable bonds is 7. The molecule has 2 N–H and O–H groups in total. The summed E-state index contributed by atoms with van der Waals surface area (Å²) in [6.45, 7) is 1.35. The molecule has 0 aliphatic carbocycles. The van der Waals surface area contributed by atoms with Crippen molar-refractivity contribution in [2.24, 2.45) is 0 Å². The first kappa shape index (κ1) is 15.4. The van der Waals surface area contributed by atoms with E-state index in [0.717, 1.165) is 4.47 Å². The number of carbonyl (C=O) groups excluding carboxylic acids is 1. The first-order valence-electron chi connectivity index (χ1n) is 5.57. The minimum Gasteiger partial charge on any atom is -0.394 e. The number of aliphatic hydroxyl groups excluding tert-OH is 1. The summed E-state index contributed by atoms with van der Waals surface area (Å²) in [5, 5.41) is 11.7. The first-order chi connectivity index (χ1) is 8.65. The van der Waals surface area contributed by atoms with Crippen molar-refractivity contribution in [3.63, 3.8) is 0 Å². The van der Waals surface area contributed by atoms with Gasteiger partial charge in [-0.15, -0.1) is 0 Å². The summed E-state index contributed by atoms with van der Waals surface area (Å²) in [5.74, 6) is -0.205. The second-order valence-corrected chi connectivity index (χ2v) is 4.89. The van der Waals surface area contributed by atoms with Gasteiger partial charge in [0.15, 0.2) is 0 Å². The van der Waals surface area contributed by atoms with Crippen LogP contribution in [0.15, 0.2) is 22.7 Å². The molecule has 1 amide bonds. The summed E-state index contributed by atoms with van der Waals surface area (Å²) in [4.78, 5) is 11.8. The molecule has 0 saturated heterocycles. The van der Waals surface area contributed by atoms with E-state index in [2.05, 4.69) is 21.2 Å². The van der Waals surface area contributed by atoms with Gasteiger partial charge in [0.05, 0.1) is 23.8 Å². The second kappa shape index (κ2) is 8.48. The number of benzene rings is 1. The lowest BCUT2D eigenvalue weighted by molar-refractivity contribution is 0.0867. The molecule has 0 aromatic heterocycles. The predicted molar refractivity (Wildman–Crippen MR) is 74.0 cm³/mol. The summed E-state index contributed by atoms with van der Waals surface area (Å²) in [5.41, 5.74) is 0.447. The number of ether oxygens (including phenoxy) is 1. The van der Waals surface area contributed by atoms with Gasteiger partial charge in [-0.2, -0.15) is 0 Å². The van der Waals surface area contributed by atoms with Crippen molar-refractivity contribution in [2.75, 3.05) is 26.4 Å². The van der Waals surface area contributed by atoms with E-state index in [4.69, 9.17) is 21.4 Å². The second-order valence-electron chi connectivity index (χ2n) is 3.57. The molecule has 1 aromatic carbocycles. The highest BCUT2D eigenvalue weighted by atomic mass is 79.9. The molecule has 0 spiro atoms. The summed E-state index contributed by atoms with van der Waals surface area (Å²) >= 11 is 9.23. The Morgan fingerprint density at radius 2 is 2.22 bits per heavy atom. The van der Waals surface area contributed by atoms with E-state index in [-0.39, 0.29) is 12.5 Å². The highest BCUT2D eigenvalue weighted by Crippen LogP contribution is 2.20. The highest BCUT2D eigenvalue weighted by Gasteiger charge is 2.09. The van der Waals surface area contributed by atoms with Crippen LogP contribution in [-0.2, 0) is 4.74 Å². The van der Waals surface area contributed by atoms with E-state index in [1.54, 1.807) is 18.2 Å². The molecule has 100 valence electrons. The topological polar surface area (TPSA) is 58.6 Å². The van der Waals surface area contributed by atoms with Crippen molar-refractivity contribution >= 4 is 33.4 Å². The molecule has 18 heavy (non-hydrogen) atoms. The van der Waals surface area contributed by atoms with Crippen molar-refractivity contribution in [3.8, 4) is 0 Å². The Balaban J connectivity index is 2.34. The Bertz CT molecular complexity index is 401. The lowest BCUT2D eigenvalue weighted by Gasteiger charge is -2.07. The largest absolute Gasteiger partial charge is 0.394 e. The summed E-state index contributed by atoms with van der Waals surface area (Å²) in [6, 6.07) is 5.13. The van der Waals surface area contributed by atoms with E-state index >= 15 is 0 Å². The van der Waals surface area contributed by atoms with Gasteiger partial charge in [-0.25, -0.2) is 0 Å². The third kappa shape index (κ3) is 5.35. The number of carbonyl (C=O) groups is 1. The fourth-order valence-electron chi connectivity index (χ4n) is 1.31. The number of nitrogens with one attached hydrogen (secondary N) is 1. The van der Waals surface area contributed by atoms with Crippen LogP contribution in [0.4, 0.5) is 0 Å². The molecular weight excluding hydrogens is 321 g/mol. The van der Waals surface area contributed by atoms with Crippen LogP contribution in [0.2, 0.25) is 5.02 Å². The molecule has 0 fully saturated rings. The fourth-order valence-corrected chi connectivity index (χ4v) is 1.87. The molecule has 0 saturated carbocycles. The van der Waals surface area contributed by atoms with E-state index in [0.29, 0.717) is 36.8 Å². The monoisotopic (exact) mass is 335 g/mol. The first-order valence-corrected chi connectivity index (χ1v) is 6.74. The van der Waals surface area contributed by atoms with Crippen molar-refractivity contribution in [1.82, 2.24) is 5.32 Å². The van der Waals surface area contributed by atoms with Gasteiger partial charge in [0.1, 0.15) is 0 Å². The number of amides is 1. The zero-order chi connectivity index (χ0) is 13.4. The zero-order valence-corrected chi connectivity index (χ0v) is 12.1. The maximum atomic E-state index is 11.8. The smallest absolute Gasteiger partial charge is 0.252 e. The van der Waals surface area contributed by atoms with Crippen LogP contribution in [0.3, 0.4) is 0 Å². The van der Waals surface area contributed by atoms with Gasteiger partial charge >= 0.3 is 0 Å². The standard InChI is InChI=1S/C12H15BrClNO3/c13-9-2-3-11(14)10(8-9)12(17)15-4-1-6-18-7-5-16/h2-3,8,16H,1,4-7H2,(H,15,17).